The zero-order valence-corrected chi connectivity index (χ0v) is 12.3. The first-order valence-corrected chi connectivity index (χ1v) is 7.70. The minimum absolute atomic E-state index is 0.00327. The van der Waals surface area contributed by atoms with Crippen molar-refractivity contribution in [1.82, 2.24) is 10.3 Å². The second-order valence-electron chi connectivity index (χ2n) is 5.99. The Labute approximate surface area is 128 Å². The van der Waals surface area contributed by atoms with Gasteiger partial charge < -0.3 is 15.4 Å². The van der Waals surface area contributed by atoms with E-state index in [4.69, 9.17) is 5.11 Å². The van der Waals surface area contributed by atoms with Crippen LogP contribution >= 0.6 is 0 Å². The van der Waals surface area contributed by atoms with Gasteiger partial charge in [0.15, 0.2) is 0 Å². The summed E-state index contributed by atoms with van der Waals surface area (Å²) in [6, 6.07) is 8.03. The van der Waals surface area contributed by atoms with E-state index < -0.39 is 5.97 Å². The van der Waals surface area contributed by atoms with Gasteiger partial charge in [-0.1, -0.05) is 18.2 Å². The van der Waals surface area contributed by atoms with Crippen LogP contribution in [-0.2, 0) is 16.0 Å². The Morgan fingerprint density at radius 1 is 1.18 bits per heavy atom. The van der Waals surface area contributed by atoms with E-state index in [1.54, 1.807) is 0 Å². The van der Waals surface area contributed by atoms with E-state index in [-0.39, 0.29) is 17.9 Å². The summed E-state index contributed by atoms with van der Waals surface area (Å²) in [4.78, 5) is 26.3. The van der Waals surface area contributed by atoms with Gasteiger partial charge in [-0.25, -0.2) is 0 Å². The molecule has 1 amide bonds. The molecule has 3 N–H and O–H groups in total. The first-order valence-electron chi connectivity index (χ1n) is 7.70. The van der Waals surface area contributed by atoms with Gasteiger partial charge in [-0.05, 0) is 37.3 Å². The third-order valence-electron chi connectivity index (χ3n) is 4.47. The maximum Gasteiger partial charge on any atom is 0.306 e. The Morgan fingerprint density at radius 2 is 1.91 bits per heavy atom. The minimum Gasteiger partial charge on any atom is -0.481 e. The molecule has 1 fully saturated rings. The van der Waals surface area contributed by atoms with Crippen LogP contribution in [0.1, 0.15) is 31.2 Å². The Morgan fingerprint density at radius 3 is 2.64 bits per heavy atom. The highest BCUT2D eigenvalue weighted by molar-refractivity contribution is 5.88. The number of hydrogen-bond donors (Lipinski definition) is 3. The van der Waals surface area contributed by atoms with E-state index in [0.29, 0.717) is 19.3 Å². The van der Waals surface area contributed by atoms with E-state index in [9.17, 15) is 9.59 Å². The van der Waals surface area contributed by atoms with Gasteiger partial charge in [0.25, 0.3) is 0 Å². The van der Waals surface area contributed by atoms with Crippen molar-refractivity contribution in [3.05, 3.63) is 36.0 Å². The lowest BCUT2D eigenvalue weighted by Crippen LogP contribution is -2.39. The van der Waals surface area contributed by atoms with Gasteiger partial charge >= 0.3 is 5.97 Å². The molecule has 0 saturated heterocycles. The number of rotatable bonds is 4. The molecule has 1 aromatic heterocycles. The fraction of sp³-hybridized carbons (Fsp3) is 0.412. The van der Waals surface area contributed by atoms with Gasteiger partial charge in [-0.2, -0.15) is 0 Å². The van der Waals surface area contributed by atoms with E-state index in [1.807, 2.05) is 30.5 Å². The number of aromatic nitrogens is 1. The van der Waals surface area contributed by atoms with Gasteiger partial charge in [-0.15, -0.1) is 0 Å². The average Bonchev–Trinajstić information content (AvgIpc) is 2.91. The summed E-state index contributed by atoms with van der Waals surface area (Å²) in [6.07, 6.45) is 5.02. The number of aromatic amines is 1. The largest absolute Gasteiger partial charge is 0.481 e. The smallest absolute Gasteiger partial charge is 0.306 e. The summed E-state index contributed by atoms with van der Waals surface area (Å²) in [5.41, 5.74) is 2.03. The number of para-hydroxylation sites is 1. The molecular formula is C17H20N2O3. The quantitative estimate of drug-likeness (QED) is 0.811. The molecule has 2 aromatic rings. The first kappa shape index (κ1) is 14.6. The lowest BCUT2D eigenvalue weighted by molar-refractivity contribution is -0.142. The van der Waals surface area contributed by atoms with Crippen molar-refractivity contribution in [3.8, 4) is 0 Å². The second-order valence-corrected chi connectivity index (χ2v) is 5.99. The van der Waals surface area contributed by atoms with Gasteiger partial charge in [0.1, 0.15) is 0 Å². The van der Waals surface area contributed by atoms with Gasteiger partial charge in [-0.3, -0.25) is 9.59 Å². The summed E-state index contributed by atoms with van der Waals surface area (Å²) < 4.78 is 0. The predicted octanol–water partition coefficient (Wildman–Crippen LogP) is 2.47. The van der Waals surface area contributed by atoms with Crippen molar-refractivity contribution >= 4 is 22.8 Å². The molecule has 1 heterocycles. The third kappa shape index (κ3) is 3.13. The van der Waals surface area contributed by atoms with Gasteiger partial charge in [0.2, 0.25) is 5.91 Å². The minimum atomic E-state index is -0.719. The first-order chi connectivity index (χ1) is 10.6. The van der Waals surface area contributed by atoms with Crippen molar-refractivity contribution in [2.45, 2.75) is 38.1 Å². The zero-order valence-electron chi connectivity index (χ0n) is 12.3. The van der Waals surface area contributed by atoms with Crippen LogP contribution in [0.5, 0.6) is 0 Å². The highest BCUT2D eigenvalue weighted by atomic mass is 16.4. The molecule has 0 radical (unpaired) electrons. The molecule has 0 unspecified atom stereocenters. The van der Waals surface area contributed by atoms with Crippen LogP contribution in [0.3, 0.4) is 0 Å². The topological polar surface area (TPSA) is 82.2 Å². The number of amides is 1. The molecule has 0 atom stereocenters. The Hall–Kier alpha value is -2.30. The second kappa shape index (κ2) is 6.22. The highest BCUT2D eigenvalue weighted by Gasteiger charge is 2.26. The third-order valence-corrected chi connectivity index (χ3v) is 4.47. The summed E-state index contributed by atoms with van der Waals surface area (Å²) in [7, 11) is 0. The van der Waals surface area contributed by atoms with Crippen LogP contribution in [0.25, 0.3) is 10.9 Å². The van der Waals surface area contributed by atoms with Crippen molar-refractivity contribution in [2.24, 2.45) is 5.92 Å². The summed E-state index contributed by atoms with van der Waals surface area (Å²) in [6.45, 7) is 0. The summed E-state index contributed by atoms with van der Waals surface area (Å²) in [5, 5.41) is 13.1. The predicted molar refractivity (Wildman–Crippen MR) is 83.5 cm³/mol. The number of hydrogen-bond acceptors (Lipinski definition) is 2. The number of carbonyl (C=O) groups is 2. The van der Waals surface area contributed by atoms with Gasteiger partial charge in [0, 0.05) is 23.1 Å². The molecule has 1 saturated carbocycles. The SMILES string of the molecule is O=C(Cc1c[nH]c2ccccc12)NC1CCC(C(=O)O)CC1. The number of carbonyl (C=O) groups excluding carboxylic acids is 1. The van der Waals surface area contributed by atoms with Crippen molar-refractivity contribution < 1.29 is 14.7 Å². The van der Waals surface area contributed by atoms with Crippen LogP contribution in [0.2, 0.25) is 0 Å². The molecular weight excluding hydrogens is 280 g/mol. The molecule has 1 aliphatic carbocycles. The Bertz CT molecular complexity index is 684. The molecule has 5 nitrogen and oxygen atoms in total. The number of carboxylic acids is 1. The highest BCUT2D eigenvalue weighted by Crippen LogP contribution is 2.24. The number of nitrogens with one attached hydrogen (secondary N) is 2. The van der Waals surface area contributed by atoms with Crippen LogP contribution in [0.4, 0.5) is 0 Å². The average molecular weight is 300 g/mol. The zero-order chi connectivity index (χ0) is 15.5. The van der Waals surface area contributed by atoms with Crippen molar-refractivity contribution in [2.75, 3.05) is 0 Å². The molecule has 0 spiro atoms. The molecule has 22 heavy (non-hydrogen) atoms. The van der Waals surface area contributed by atoms with Crippen LogP contribution < -0.4 is 5.32 Å². The monoisotopic (exact) mass is 300 g/mol. The summed E-state index contributed by atoms with van der Waals surface area (Å²) >= 11 is 0. The normalized spacial score (nSPS) is 21.6. The van der Waals surface area contributed by atoms with Crippen LogP contribution in [-0.4, -0.2) is 28.0 Å². The van der Waals surface area contributed by atoms with E-state index in [2.05, 4.69) is 10.3 Å². The standard InChI is InChI=1S/C17H20N2O3/c20-16(19-13-7-5-11(6-8-13)17(21)22)9-12-10-18-15-4-2-1-3-14(12)15/h1-4,10-11,13,18H,5-9H2,(H,19,20)(H,21,22). The maximum atomic E-state index is 12.2. The number of carboxylic acid groups (broad SMARTS) is 1. The fourth-order valence-electron chi connectivity index (χ4n) is 3.21. The number of fused-ring (bicyclic) bond motifs is 1. The van der Waals surface area contributed by atoms with Crippen molar-refractivity contribution in [1.29, 1.82) is 0 Å². The molecule has 3 rings (SSSR count). The molecule has 116 valence electrons. The maximum absolute atomic E-state index is 12.2. The molecule has 0 aliphatic heterocycles. The molecule has 5 heteroatoms. The molecule has 1 aromatic carbocycles. The summed E-state index contributed by atoms with van der Waals surface area (Å²) in [5.74, 6) is -0.964. The van der Waals surface area contributed by atoms with E-state index in [1.165, 1.54) is 0 Å². The van der Waals surface area contributed by atoms with Crippen molar-refractivity contribution in [3.63, 3.8) is 0 Å². The van der Waals surface area contributed by atoms with Crippen LogP contribution in [0.15, 0.2) is 30.5 Å². The lowest BCUT2D eigenvalue weighted by Gasteiger charge is -2.26. The number of H-pyrrole nitrogens is 1. The Kier molecular flexibility index (Phi) is 4.13. The molecule has 0 bridgehead atoms. The lowest BCUT2D eigenvalue weighted by atomic mass is 9.86. The Balaban J connectivity index is 1.56. The fourth-order valence-corrected chi connectivity index (χ4v) is 3.21. The number of aliphatic carboxylic acids is 1. The van der Waals surface area contributed by atoms with E-state index >= 15 is 0 Å². The molecule has 1 aliphatic rings. The van der Waals surface area contributed by atoms with Gasteiger partial charge in [0.05, 0.1) is 12.3 Å². The van der Waals surface area contributed by atoms with E-state index in [0.717, 1.165) is 29.3 Å². The number of benzene rings is 1. The van der Waals surface area contributed by atoms with Crippen LogP contribution in [0, 0.1) is 5.92 Å².